The van der Waals surface area contributed by atoms with Crippen molar-refractivity contribution >= 4 is 17.2 Å². The first kappa shape index (κ1) is 14.7. The first-order chi connectivity index (χ1) is 9.74. The fraction of sp³-hybridized carbons (Fsp3) is 0.333. The van der Waals surface area contributed by atoms with E-state index in [1.807, 2.05) is 37.3 Å². The number of nitrogens with zero attached hydrogens (tertiary/aromatic N) is 2. The molecule has 0 aliphatic rings. The Balaban J connectivity index is 2.13. The van der Waals surface area contributed by atoms with Crippen LogP contribution < -0.4 is 0 Å². The summed E-state index contributed by atoms with van der Waals surface area (Å²) in [4.78, 5) is 19.0. The quantitative estimate of drug-likeness (QED) is 0.888. The fourth-order valence-corrected chi connectivity index (χ4v) is 2.73. The number of thiazole rings is 1. The maximum absolute atomic E-state index is 12.5. The Hall–Kier alpha value is -1.72. The predicted molar refractivity (Wildman–Crippen MR) is 79.8 cm³/mol. The topological polar surface area (TPSA) is 53.4 Å². The first-order valence-corrected chi connectivity index (χ1v) is 7.45. The Labute approximate surface area is 122 Å². The molecule has 0 unspecified atom stereocenters. The molecule has 0 spiro atoms. The molecular formula is C15H18N2O2S. The zero-order valence-electron chi connectivity index (χ0n) is 11.5. The molecule has 1 amide bonds. The number of rotatable bonds is 6. The summed E-state index contributed by atoms with van der Waals surface area (Å²) < 4.78 is 0. The number of hydrogen-bond donors (Lipinski definition) is 1. The second-order valence-corrected chi connectivity index (χ2v) is 5.52. The summed E-state index contributed by atoms with van der Waals surface area (Å²) in [5.41, 5.74) is 1.05. The van der Waals surface area contributed by atoms with Gasteiger partial charge in [-0.15, -0.1) is 11.3 Å². The lowest BCUT2D eigenvalue weighted by Crippen LogP contribution is -2.32. The van der Waals surface area contributed by atoms with Crippen LogP contribution in [0.5, 0.6) is 0 Å². The average Bonchev–Trinajstić information content (AvgIpc) is 2.96. The van der Waals surface area contributed by atoms with E-state index in [-0.39, 0.29) is 12.5 Å². The summed E-state index contributed by atoms with van der Waals surface area (Å²) in [5.74, 6) is -0.0693. The van der Waals surface area contributed by atoms with Crippen molar-refractivity contribution in [3.05, 3.63) is 52.0 Å². The minimum absolute atomic E-state index is 0.0436. The molecule has 0 saturated heterocycles. The number of amides is 1. The highest BCUT2D eigenvalue weighted by atomic mass is 32.1. The van der Waals surface area contributed by atoms with Crippen LogP contribution in [0.3, 0.4) is 0 Å². The van der Waals surface area contributed by atoms with Crippen molar-refractivity contribution in [3.63, 3.8) is 0 Å². The van der Waals surface area contributed by atoms with Crippen LogP contribution in [0.1, 0.15) is 27.2 Å². The third-order valence-electron chi connectivity index (χ3n) is 2.94. The van der Waals surface area contributed by atoms with Gasteiger partial charge < -0.3 is 10.0 Å². The Morgan fingerprint density at radius 1 is 1.35 bits per heavy atom. The molecular weight excluding hydrogens is 272 g/mol. The number of aryl methyl sites for hydroxylation is 1. The van der Waals surface area contributed by atoms with Gasteiger partial charge in [-0.05, 0) is 12.0 Å². The van der Waals surface area contributed by atoms with Gasteiger partial charge in [0.1, 0.15) is 4.88 Å². The van der Waals surface area contributed by atoms with Gasteiger partial charge in [0.2, 0.25) is 0 Å². The van der Waals surface area contributed by atoms with Crippen LogP contribution in [0, 0.1) is 0 Å². The standard InChI is InChI=1S/C15H18N2O2S/c1-2-14-16-10-13(20-14)15(19)17(8-9-18)11-12-6-4-3-5-7-12/h3-7,10,18H,2,8-9,11H2,1H3. The molecule has 106 valence electrons. The predicted octanol–water partition coefficient (Wildman–Crippen LogP) is 2.34. The summed E-state index contributed by atoms with van der Waals surface area (Å²) >= 11 is 1.42. The maximum atomic E-state index is 12.5. The number of benzene rings is 1. The maximum Gasteiger partial charge on any atom is 0.265 e. The van der Waals surface area contributed by atoms with Crippen molar-refractivity contribution in [2.45, 2.75) is 19.9 Å². The van der Waals surface area contributed by atoms with E-state index in [2.05, 4.69) is 4.98 Å². The minimum atomic E-state index is -0.0693. The zero-order valence-corrected chi connectivity index (χ0v) is 12.3. The van der Waals surface area contributed by atoms with Crippen LogP contribution in [0.15, 0.2) is 36.5 Å². The zero-order chi connectivity index (χ0) is 14.4. The first-order valence-electron chi connectivity index (χ1n) is 6.63. The van der Waals surface area contributed by atoms with Crippen molar-refractivity contribution in [3.8, 4) is 0 Å². The third-order valence-corrected chi connectivity index (χ3v) is 4.07. The second-order valence-electron chi connectivity index (χ2n) is 4.41. The highest BCUT2D eigenvalue weighted by Gasteiger charge is 2.18. The molecule has 0 fully saturated rings. The number of aliphatic hydroxyl groups is 1. The van der Waals surface area contributed by atoms with Crippen LogP contribution in [-0.2, 0) is 13.0 Å². The molecule has 4 nitrogen and oxygen atoms in total. The van der Waals surface area contributed by atoms with Gasteiger partial charge in [-0.1, -0.05) is 37.3 Å². The second kappa shape index (κ2) is 7.17. The fourth-order valence-electron chi connectivity index (χ4n) is 1.91. The average molecular weight is 290 g/mol. The van der Waals surface area contributed by atoms with Gasteiger partial charge in [-0.3, -0.25) is 4.79 Å². The molecule has 20 heavy (non-hydrogen) atoms. The van der Waals surface area contributed by atoms with Crippen molar-refractivity contribution in [2.75, 3.05) is 13.2 Å². The number of aromatic nitrogens is 1. The van der Waals surface area contributed by atoms with E-state index < -0.39 is 0 Å². The van der Waals surface area contributed by atoms with Gasteiger partial charge in [-0.2, -0.15) is 0 Å². The summed E-state index contributed by atoms with van der Waals surface area (Å²) in [5, 5.41) is 10.1. The summed E-state index contributed by atoms with van der Waals surface area (Å²) in [6.45, 7) is 2.80. The highest BCUT2D eigenvalue weighted by Crippen LogP contribution is 2.17. The molecule has 1 heterocycles. The molecule has 0 aliphatic heterocycles. The number of hydrogen-bond acceptors (Lipinski definition) is 4. The SMILES string of the molecule is CCc1ncc(C(=O)N(CCO)Cc2ccccc2)s1. The summed E-state index contributed by atoms with van der Waals surface area (Å²) in [6, 6.07) is 9.78. The largest absolute Gasteiger partial charge is 0.395 e. The highest BCUT2D eigenvalue weighted by molar-refractivity contribution is 7.13. The lowest BCUT2D eigenvalue weighted by atomic mass is 10.2. The van der Waals surface area contributed by atoms with E-state index in [4.69, 9.17) is 5.11 Å². The van der Waals surface area contributed by atoms with Crippen molar-refractivity contribution < 1.29 is 9.90 Å². The molecule has 0 radical (unpaired) electrons. The number of aliphatic hydroxyl groups excluding tert-OH is 1. The minimum Gasteiger partial charge on any atom is -0.395 e. The molecule has 5 heteroatoms. The smallest absolute Gasteiger partial charge is 0.265 e. The van der Waals surface area contributed by atoms with Crippen LogP contribution in [0.25, 0.3) is 0 Å². The Kier molecular flexibility index (Phi) is 5.26. The van der Waals surface area contributed by atoms with Gasteiger partial charge in [0, 0.05) is 13.1 Å². The Morgan fingerprint density at radius 3 is 2.70 bits per heavy atom. The molecule has 2 rings (SSSR count). The van der Waals surface area contributed by atoms with Crippen molar-refractivity contribution in [1.82, 2.24) is 9.88 Å². The lowest BCUT2D eigenvalue weighted by Gasteiger charge is -2.21. The number of carbonyl (C=O) groups is 1. The molecule has 0 atom stereocenters. The number of carbonyl (C=O) groups excluding carboxylic acids is 1. The van der Waals surface area contributed by atoms with E-state index in [1.54, 1.807) is 11.1 Å². The normalized spacial score (nSPS) is 10.5. The van der Waals surface area contributed by atoms with Gasteiger partial charge in [-0.25, -0.2) is 4.98 Å². The molecule has 0 saturated carbocycles. The van der Waals surface area contributed by atoms with Crippen molar-refractivity contribution in [1.29, 1.82) is 0 Å². The summed E-state index contributed by atoms with van der Waals surface area (Å²) in [6.07, 6.45) is 2.46. The molecule has 1 aromatic carbocycles. The Bertz CT molecular complexity index is 554. The lowest BCUT2D eigenvalue weighted by molar-refractivity contribution is 0.0712. The Morgan fingerprint density at radius 2 is 2.10 bits per heavy atom. The molecule has 2 aromatic rings. The van der Waals surface area contributed by atoms with E-state index in [0.717, 1.165) is 17.0 Å². The molecule has 0 aliphatic carbocycles. The van der Waals surface area contributed by atoms with E-state index >= 15 is 0 Å². The molecule has 0 bridgehead atoms. The van der Waals surface area contributed by atoms with Gasteiger partial charge in [0.15, 0.2) is 0 Å². The molecule has 1 aromatic heterocycles. The van der Waals surface area contributed by atoms with Gasteiger partial charge in [0.05, 0.1) is 17.8 Å². The van der Waals surface area contributed by atoms with Crippen molar-refractivity contribution in [2.24, 2.45) is 0 Å². The third kappa shape index (κ3) is 3.65. The van der Waals surface area contributed by atoms with Gasteiger partial charge >= 0.3 is 0 Å². The molecule has 1 N–H and O–H groups in total. The van der Waals surface area contributed by atoms with E-state index in [1.165, 1.54) is 11.3 Å². The van der Waals surface area contributed by atoms with E-state index in [9.17, 15) is 4.79 Å². The van der Waals surface area contributed by atoms with Crippen LogP contribution in [-0.4, -0.2) is 34.0 Å². The van der Waals surface area contributed by atoms with Crippen LogP contribution in [0.4, 0.5) is 0 Å². The van der Waals surface area contributed by atoms with Gasteiger partial charge in [0.25, 0.3) is 5.91 Å². The van der Waals surface area contributed by atoms with Crippen LogP contribution in [0.2, 0.25) is 0 Å². The summed E-state index contributed by atoms with van der Waals surface area (Å²) in [7, 11) is 0. The monoisotopic (exact) mass is 290 g/mol. The van der Waals surface area contributed by atoms with Crippen LogP contribution >= 0.6 is 11.3 Å². The van der Waals surface area contributed by atoms with E-state index in [0.29, 0.717) is 18.0 Å².